The fourth-order valence-corrected chi connectivity index (χ4v) is 3.16. The summed E-state index contributed by atoms with van der Waals surface area (Å²) < 4.78 is 16.0. The molecule has 0 aromatic carbocycles. The molecule has 0 spiro atoms. The normalized spacial score (nSPS) is 30.9. The molecule has 0 bridgehead atoms. The molecule has 0 amide bonds. The van der Waals surface area contributed by atoms with Crippen LogP contribution in [0, 0.1) is 5.92 Å². The average Bonchev–Trinajstić information content (AvgIpc) is 2.77. The second-order valence-electron chi connectivity index (χ2n) is 6.47. The number of allylic oxidation sites excluding steroid dienone is 2. The molecule has 2 rings (SSSR count). The van der Waals surface area contributed by atoms with Gasteiger partial charge in [-0.15, -0.1) is 0 Å². The van der Waals surface area contributed by atoms with Gasteiger partial charge in [0.1, 0.15) is 18.8 Å². The largest absolute Gasteiger partial charge is 0.461 e. The third kappa shape index (κ3) is 5.05. The number of rotatable bonds is 3. The Morgan fingerprint density at radius 2 is 2.04 bits per heavy atom. The third-order valence-electron chi connectivity index (χ3n) is 4.32. The number of esters is 3. The van der Waals surface area contributed by atoms with Crippen LogP contribution >= 0.6 is 0 Å². The van der Waals surface area contributed by atoms with Gasteiger partial charge >= 0.3 is 17.9 Å². The monoisotopic (exact) mass is 348 g/mol. The van der Waals surface area contributed by atoms with Crippen LogP contribution in [-0.4, -0.2) is 36.7 Å². The molecular weight excluding hydrogens is 324 g/mol. The second-order valence-corrected chi connectivity index (χ2v) is 6.47. The van der Waals surface area contributed by atoms with Gasteiger partial charge in [0, 0.05) is 25.8 Å². The van der Waals surface area contributed by atoms with Crippen LogP contribution < -0.4 is 0 Å². The number of ether oxygens (including phenoxy) is 3. The first-order chi connectivity index (χ1) is 11.8. The average molecular weight is 348 g/mol. The molecule has 1 saturated heterocycles. The minimum Gasteiger partial charge on any atom is -0.461 e. The van der Waals surface area contributed by atoms with Gasteiger partial charge in [-0.2, -0.15) is 0 Å². The highest BCUT2D eigenvalue weighted by molar-refractivity contribution is 5.91. The van der Waals surface area contributed by atoms with Crippen LogP contribution in [0.3, 0.4) is 0 Å². The van der Waals surface area contributed by atoms with Crippen LogP contribution in [0.5, 0.6) is 0 Å². The second kappa shape index (κ2) is 8.14. The molecule has 3 atom stereocenters. The molecule has 6 nitrogen and oxygen atoms in total. The van der Waals surface area contributed by atoms with Gasteiger partial charge in [0.25, 0.3) is 0 Å². The van der Waals surface area contributed by atoms with E-state index >= 15 is 0 Å². The lowest BCUT2D eigenvalue weighted by Crippen LogP contribution is -2.33. The number of carbonyl (C=O) groups is 3. The summed E-state index contributed by atoms with van der Waals surface area (Å²) in [4.78, 5) is 34.7. The van der Waals surface area contributed by atoms with Crippen molar-refractivity contribution in [1.29, 1.82) is 0 Å². The van der Waals surface area contributed by atoms with Crippen LogP contribution in [0.4, 0.5) is 0 Å². The maximum Gasteiger partial charge on any atom is 0.334 e. The number of hydrogen-bond acceptors (Lipinski definition) is 6. The van der Waals surface area contributed by atoms with Crippen LogP contribution in [0.2, 0.25) is 0 Å². The van der Waals surface area contributed by atoms with E-state index in [1.54, 1.807) is 0 Å². The van der Waals surface area contributed by atoms with Crippen molar-refractivity contribution in [2.45, 2.75) is 52.2 Å². The molecule has 0 unspecified atom stereocenters. The topological polar surface area (TPSA) is 78.9 Å². The first-order valence-electron chi connectivity index (χ1n) is 8.33. The third-order valence-corrected chi connectivity index (χ3v) is 4.32. The van der Waals surface area contributed by atoms with E-state index in [0.29, 0.717) is 12.0 Å². The molecule has 25 heavy (non-hydrogen) atoms. The fourth-order valence-electron chi connectivity index (χ4n) is 3.16. The van der Waals surface area contributed by atoms with Crippen LogP contribution in [0.1, 0.15) is 40.0 Å². The summed E-state index contributed by atoms with van der Waals surface area (Å²) in [6.07, 6.45) is 4.71. The maximum absolute atomic E-state index is 12.0. The van der Waals surface area contributed by atoms with Gasteiger partial charge in [0.05, 0.1) is 5.92 Å². The van der Waals surface area contributed by atoms with E-state index < -0.39 is 30.1 Å². The van der Waals surface area contributed by atoms with Gasteiger partial charge in [-0.3, -0.25) is 9.59 Å². The summed E-state index contributed by atoms with van der Waals surface area (Å²) in [5.74, 6) is -1.74. The Bertz CT molecular complexity index is 642. The fraction of sp³-hybridized carbons (Fsp3) is 0.526. The zero-order valence-corrected chi connectivity index (χ0v) is 14.9. The highest BCUT2D eigenvalue weighted by atomic mass is 16.6. The van der Waals surface area contributed by atoms with Crippen LogP contribution in [0.25, 0.3) is 0 Å². The van der Waals surface area contributed by atoms with E-state index in [1.807, 2.05) is 19.1 Å². The summed E-state index contributed by atoms with van der Waals surface area (Å²) in [6, 6.07) is 0. The highest BCUT2D eigenvalue weighted by Crippen LogP contribution is 2.36. The number of fused-ring (bicyclic) bond motifs is 1. The van der Waals surface area contributed by atoms with E-state index in [1.165, 1.54) is 13.8 Å². The van der Waals surface area contributed by atoms with Gasteiger partial charge in [-0.1, -0.05) is 18.2 Å². The number of hydrogen-bond donors (Lipinski definition) is 0. The van der Waals surface area contributed by atoms with Crippen molar-refractivity contribution in [3.63, 3.8) is 0 Å². The molecule has 0 aromatic heterocycles. The Morgan fingerprint density at radius 3 is 2.68 bits per heavy atom. The molecule has 1 aliphatic heterocycles. The predicted octanol–water partition coefficient (Wildman–Crippen LogP) is 2.64. The Hall–Kier alpha value is -2.37. The van der Waals surface area contributed by atoms with E-state index in [2.05, 4.69) is 6.58 Å². The van der Waals surface area contributed by atoms with Crippen LogP contribution in [0.15, 0.2) is 35.5 Å². The van der Waals surface area contributed by atoms with Gasteiger partial charge in [0.2, 0.25) is 0 Å². The van der Waals surface area contributed by atoms with Crippen LogP contribution in [-0.2, 0) is 28.6 Å². The van der Waals surface area contributed by atoms with Gasteiger partial charge in [0.15, 0.2) is 0 Å². The molecule has 6 heteroatoms. The zero-order chi connectivity index (χ0) is 18.6. The predicted molar refractivity (Wildman–Crippen MR) is 90.4 cm³/mol. The van der Waals surface area contributed by atoms with Crippen molar-refractivity contribution in [3.05, 3.63) is 35.5 Å². The van der Waals surface area contributed by atoms with E-state index in [-0.39, 0.29) is 12.6 Å². The molecule has 1 fully saturated rings. The summed E-state index contributed by atoms with van der Waals surface area (Å²) >= 11 is 0. The van der Waals surface area contributed by atoms with Crippen molar-refractivity contribution in [3.8, 4) is 0 Å². The first kappa shape index (κ1) is 19.0. The Morgan fingerprint density at radius 1 is 1.32 bits per heavy atom. The summed E-state index contributed by atoms with van der Waals surface area (Å²) in [5.41, 5.74) is 2.22. The Kier molecular flexibility index (Phi) is 6.17. The van der Waals surface area contributed by atoms with E-state index in [0.717, 1.165) is 24.0 Å². The van der Waals surface area contributed by atoms with Crippen molar-refractivity contribution >= 4 is 17.9 Å². The van der Waals surface area contributed by atoms with Gasteiger partial charge in [-0.25, -0.2) is 4.79 Å². The standard InChI is InChI=1S/C19H24O6/c1-11-6-5-7-15(10-23-13(3)20)9-17(24-14(4)21)18-12(2)19(22)25-16(18)8-11/h7-8,16-18H,2,5-6,9-10H2,1,3-4H3/b11-8-,15-7+/t16-,17-,18+/m1/s1. The van der Waals surface area contributed by atoms with Crippen molar-refractivity contribution in [2.75, 3.05) is 6.61 Å². The molecule has 1 aliphatic carbocycles. The summed E-state index contributed by atoms with van der Waals surface area (Å²) in [7, 11) is 0. The van der Waals surface area contributed by atoms with E-state index in [9.17, 15) is 14.4 Å². The lowest BCUT2D eigenvalue weighted by atomic mass is 9.85. The Labute approximate surface area is 147 Å². The highest BCUT2D eigenvalue weighted by Gasteiger charge is 2.44. The van der Waals surface area contributed by atoms with Crippen molar-refractivity contribution < 1.29 is 28.6 Å². The summed E-state index contributed by atoms with van der Waals surface area (Å²) in [6.45, 7) is 8.60. The van der Waals surface area contributed by atoms with Crippen molar-refractivity contribution in [1.82, 2.24) is 0 Å². The quantitative estimate of drug-likeness (QED) is 0.338. The SMILES string of the molecule is C=C1C(=O)O[C@@H]2/C=C(/C)CC/C=C(/COC(C)=O)C[C@@H](OC(C)=O)[C@@H]12. The smallest absolute Gasteiger partial charge is 0.334 e. The lowest BCUT2D eigenvalue weighted by molar-refractivity contribution is -0.149. The van der Waals surface area contributed by atoms with E-state index in [4.69, 9.17) is 14.2 Å². The molecule has 0 radical (unpaired) electrons. The lowest BCUT2D eigenvalue weighted by Gasteiger charge is -2.27. The number of carbonyl (C=O) groups excluding carboxylic acids is 3. The maximum atomic E-state index is 12.0. The minimum atomic E-state index is -0.606. The first-order valence-corrected chi connectivity index (χ1v) is 8.33. The summed E-state index contributed by atoms with van der Waals surface area (Å²) in [5, 5.41) is 0. The van der Waals surface area contributed by atoms with Crippen molar-refractivity contribution in [2.24, 2.45) is 5.92 Å². The molecular formula is C19H24O6. The molecule has 0 saturated carbocycles. The minimum absolute atomic E-state index is 0.133. The van der Waals surface area contributed by atoms with Gasteiger partial charge < -0.3 is 14.2 Å². The molecule has 0 N–H and O–H groups in total. The van der Waals surface area contributed by atoms with Gasteiger partial charge in [-0.05, 0) is 31.4 Å². The Balaban J connectivity index is 2.35. The zero-order valence-electron chi connectivity index (χ0n) is 14.9. The molecule has 0 aromatic rings. The molecule has 1 heterocycles. The molecule has 136 valence electrons. The molecule has 2 aliphatic rings.